The van der Waals surface area contributed by atoms with E-state index in [9.17, 15) is 0 Å². The maximum absolute atomic E-state index is 6.03. The van der Waals surface area contributed by atoms with E-state index >= 15 is 0 Å². The minimum Gasteiger partial charge on any atom is -0.369 e. The summed E-state index contributed by atoms with van der Waals surface area (Å²) < 4.78 is 0. The Morgan fingerprint density at radius 1 is 0.929 bits per heavy atom. The standard InChI is InChI=1S/C20H22ClN7/c21-15-5-4-6-16(13-15)23-20-25-18(24-19(22)26-20)14-27-9-11-28(12-10-27)17-7-2-1-3-8-17/h1-8,13H,9-12,14H2,(H3,22,23,24,25,26). The summed E-state index contributed by atoms with van der Waals surface area (Å²) in [5, 5.41) is 3.78. The number of aromatic nitrogens is 3. The lowest BCUT2D eigenvalue weighted by Crippen LogP contribution is -2.46. The lowest BCUT2D eigenvalue weighted by Gasteiger charge is -2.35. The second kappa shape index (κ2) is 8.41. The molecule has 0 spiro atoms. The molecule has 0 saturated carbocycles. The first-order valence-electron chi connectivity index (χ1n) is 9.21. The highest BCUT2D eigenvalue weighted by atomic mass is 35.5. The quantitative estimate of drug-likeness (QED) is 0.686. The van der Waals surface area contributed by atoms with E-state index in [1.54, 1.807) is 0 Å². The van der Waals surface area contributed by atoms with Crippen molar-refractivity contribution in [2.75, 3.05) is 42.1 Å². The van der Waals surface area contributed by atoms with Crippen molar-refractivity contribution in [1.82, 2.24) is 19.9 Å². The number of hydrogen-bond acceptors (Lipinski definition) is 7. The number of nitrogens with one attached hydrogen (secondary N) is 1. The van der Waals surface area contributed by atoms with Crippen LogP contribution in [0.3, 0.4) is 0 Å². The van der Waals surface area contributed by atoms with Crippen molar-refractivity contribution < 1.29 is 0 Å². The molecule has 1 aliphatic heterocycles. The van der Waals surface area contributed by atoms with Gasteiger partial charge in [0.05, 0.1) is 6.54 Å². The molecule has 1 aromatic heterocycles. The molecule has 7 nitrogen and oxygen atoms in total. The van der Waals surface area contributed by atoms with Crippen LogP contribution in [0.15, 0.2) is 54.6 Å². The highest BCUT2D eigenvalue weighted by Crippen LogP contribution is 2.19. The van der Waals surface area contributed by atoms with Gasteiger partial charge in [-0.15, -0.1) is 0 Å². The maximum atomic E-state index is 6.03. The van der Waals surface area contributed by atoms with E-state index in [1.807, 2.05) is 30.3 Å². The van der Waals surface area contributed by atoms with Crippen molar-refractivity contribution in [3.63, 3.8) is 0 Å². The molecule has 0 atom stereocenters. The zero-order chi connectivity index (χ0) is 19.3. The first-order valence-corrected chi connectivity index (χ1v) is 9.59. The number of para-hydroxylation sites is 1. The van der Waals surface area contributed by atoms with E-state index in [0.717, 1.165) is 31.9 Å². The molecule has 28 heavy (non-hydrogen) atoms. The predicted molar refractivity (Wildman–Crippen MR) is 113 cm³/mol. The van der Waals surface area contributed by atoms with Crippen LogP contribution in [-0.2, 0) is 6.54 Å². The van der Waals surface area contributed by atoms with Crippen LogP contribution in [0.1, 0.15) is 5.82 Å². The number of halogens is 1. The second-order valence-corrected chi connectivity index (χ2v) is 7.10. The minimum atomic E-state index is 0.206. The number of nitrogens with two attached hydrogens (primary N) is 1. The van der Waals surface area contributed by atoms with Crippen LogP contribution in [0.5, 0.6) is 0 Å². The molecule has 0 unspecified atom stereocenters. The predicted octanol–water partition coefficient (Wildman–Crippen LogP) is 3.17. The van der Waals surface area contributed by atoms with Gasteiger partial charge >= 0.3 is 0 Å². The molecule has 0 amide bonds. The van der Waals surface area contributed by atoms with Crippen molar-refractivity contribution in [1.29, 1.82) is 0 Å². The fourth-order valence-corrected chi connectivity index (χ4v) is 3.45. The molecular weight excluding hydrogens is 374 g/mol. The molecule has 2 heterocycles. The summed E-state index contributed by atoms with van der Waals surface area (Å²) in [6.45, 7) is 4.46. The first kappa shape index (κ1) is 18.5. The molecular formula is C20H22ClN7. The molecule has 2 aromatic carbocycles. The van der Waals surface area contributed by atoms with Gasteiger partial charge in [0.15, 0.2) is 0 Å². The van der Waals surface area contributed by atoms with Crippen LogP contribution < -0.4 is 16.0 Å². The van der Waals surface area contributed by atoms with Gasteiger partial charge in [0.2, 0.25) is 11.9 Å². The number of anilines is 4. The van der Waals surface area contributed by atoms with Gasteiger partial charge in [-0.25, -0.2) is 0 Å². The molecule has 144 valence electrons. The number of nitrogens with zero attached hydrogens (tertiary/aromatic N) is 5. The third kappa shape index (κ3) is 4.68. The number of rotatable bonds is 5. The number of piperazine rings is 1. The van der Waals surface area contributed by atoms with Gasteiger partial charge in [-0.05, 0) is 30.3 Å². The Balaban J connectivity index is 1.39. The Labute approximate surface area is 169 Å². The lowest BCUT2D eigenvalue weighted by atomic mass is 10.2. The van der Waals surface area contributed by atoms with E-state index in [2.05, 4.69) is 54.3 Å². The van der Waals surface area contributed by atoms with Crippen LogP contribution in [0, 0.1) is 0 Å². The fourth-order valence-electron chi connectivity index (χ4n) is 3.26. The third-order valence-electron chi connectivity index (χ3n) is 4.64. The zero-order valence-electron chi connectivity index (χ0n) is 15.4. The van der Waals surface area contributed by atoms with E-state index < -0.39 is 0 Å². The van der Waals surface area contributed by atoms with Crippen molar-refractivity contribution in [3.05, 3.63) is 65.4 Å². The average molecular weight is 396 g/mol. The van der Waals surface area contributed by atoms with Crippen LogP contribution in [0.25, 0.3) is 0 Å². The Morgan fingerprint density at radius 2 is 1.71 bits per heavy atom. The van der Waals surface area contributed by atoms with Gasteiger partial charge in [-0.2, -0.15) is 15.0 Å². The molecule has 1 fully saturated rings. The van der Waals surface area contributed by atoms with Crippen molar-refractivity contribution in [3.8, 4) is 0 Å². The van der Waals surface area contributed by atoms with Crippen molar-refractivity contribution in [2.24, 2.45) is 0 Å². The van der Waals surface area contributed by atoms with Gasteiger partial charge in [0.1, 0.15) is 5.82 Å². The Hall–Kier alpha value is -2.90. The monoisotopic (exact) mass is 395 g/mol. The van der Waals surface area contributed by atoms with E-state index in [-0.39, 0.29) is 5.95 Å². The summed E-state index contributed by atoms with van der Waals surface area (Å²) in [7, 11) is 0. The molecule has 0 bridgehead atoms. The Kier molecular flexibility index (Phi) is 5.55. The largest absolute Gasteiger partial charge is 0.369 e. The first-order chi connectivity index (χ1) is 13.7. The highest BCUT2D eigenvalue weighted by Gasteiger charge is 2.18. The summed E-state index contributed by atoms with van der Waals surface area (Å²) in [5.74, 6) is 1.29. The highest BCUT2D eigenvalue weighted by molar-refractivity contribution is 6.30. The summed E-state index contributed by atoms with van der Waals surface area (Å²) in [5.41, 5.74) is 7.96. The smallest absolute Gasteiger partial charge is 0.232 e. The molecule has 1 aliphatic rings. The molecule has 3 aromatic rings. The minimum absolute atomic E-state index is 0.206. The zero-order valence-corrected chi connectivity index (χ0v) is 16.2. The molecule has 0 aliphatic carbocycles. The number of nitrogen functional groups attached to an aromatic ring is 1. The maximum Gasteiger partial charge on any atom is 0.232 e. The van der Waals surface area contributed by atoms with E-state index in [1.165, 1.54) is 5.69 Å². The van der Waals surface area contributed by atoms with E-state index in [4.69, 9.17) is 17.3 Å². The van der Waals surface area contributed by atoms with Crippen molar-refractivity contribution in [2.45, 2.75) is 6.54 Å². The molecule has 4 rings (SSSR count). The molecule has 3 N–H and O–H groups in total. The summed E-state index contributed by atoms with van der Waals surface area (Å²) >= 11 is 6.03. The van der Waals surface area contributed by atoms with Crippen LogP contribution in [-0.4, -0.2) is 46.0 Å². The average Bonchev–Trinajstić information content (AvgIpc) is 2.69. The SMILES string of the molecule is Nc1nc(CN2CCN(c3ccccc3)CC2)nc(Nc2cccc(Cl)c2)n1. The Bertz CT molecular complexity index is 927. The van der Waals surface area contributed by atoms with Crippen molar-refractivity contribution >= 4 is 34.9 Å². The molecule has 8 heteroatoms. The second-order valence-electron chi connectivity index (χ2n) is 6.67. The van der Waals surface area contributed by atoms with Gasteiger partial charge in [0.25, 0.3) is 0 Å². The molecule has 0 radical (unpaired) electrons. The fraction of sp³-hybridized carbons (Fsp3) is 0.250. The molecule has 1 saturated heterocycles. The normalized spacial score (nSPS) is 14.8. The van der Waals surface area contributed by atoms with Gasteiger partial charge < -0.3 is 16.0 Å². The Morgan fingerprint density at radius 3 is 2.46 bits per heavy atom. The lowest BCUT2D eigenvalue weighted by molar-refractivity contribution is 0.244. The van der Waals surface area contributed by atoms with Gasteiger partial charge in [-0.3, -0.25) is 4.90 Å². The van der Waals surface area contributed by atoms with Crippen LogP contribution in [0.4, 0.5) is 23.3 Å². The van der Waals surface area contributed by atoms with E-state index in [0.29, 0.717) is 23.3 Å². The summed E-state index contributed by atoms with van der Waals surface area (Å²) in [4.78, 5) is 17.7. The van der Waals surface area contributed by atoms with Gasteiger partial charge in [0, 0.05) is 42.6 Å². The third-order valence-corrected chi connectivity index (χ3v) is 4.87. The topological polar surface area (TPSA) is 83.2 Å². The van der Waals surface area contributed by atoms with Crippen LogP contribution >= 0.6 is 11.6 Å². The number of hydrogen-bond donors (Lipinski definition) is 2. The van der Waals surface area contributed by atoms with Crippen LogP contribution in [0.2, 0.25) is 5.02 Å². The summed E-state index contributed by atoms with van der Waals surface area (Å²) in [6.07, 6.45) is 0. The van der Waals surface area contributed by atoms with Gasteiger partial charge in [-0.1, -0.05) is 35.9 Å². The number of benzene rings is 2. The summed E-state index contributed by atoms with van der Waals surface area (Å²) in [6, 6.07) is 17.9.